The maximum absolute atomic E-state index is 12.4. The molecule has 0 atom stereocenters. The molecule has 25 heavy (non-hydrogen) atoms. The molecule has 2 amide bonds. The molecule has 0 aliphatic rings. The van der Waals surface area contributed by atoms with E-state index < -0.39 is 0 Å². The Labute approximate surface area is 154 Å². The standard InChI is InChI=1S/C19H23N3O2.ClH/c1-19(2,3)14-10-8-13(9-11-14)18(24)22-16-7-5-4-6-15(16)21-17(23)12-20;/h4-11H,12,20H2,1-3H3,(H,21,23)(H,22,24);1H. The average molecular weight is 362 g/mol. The summed E-state index contributed by atoms with van der Waals surface area (Å²) in [4.78, 5) is 23.9. The number of anilines is 2. The molecule has 0 heterocycles. The normalized spacial score (nSPS) is 10.6. The van der Waals surface area contributed by atoms with Crippen molar-refractivity contribution in [2.45, 2.75) is 26.2 Å². The highest BCUT2D eigenvalue weighted by Crippen LogP contribution is 2.24. The molecule has 0 aromatic heterocycles. The lowest BCUT2D eigenvalue weighted by Gasteiger charge is -2.19. The molecule has 2 rings (SSSR count). The van der Waals surface area contributed by atoms with Gasteiger partial charge in [-0.25, -0.2) is 0 Å². The van der Waals surface area contributed by atoms with Crippen LogP contribution in [0.15, 0.2) is 48.5 Å². The number of amides is 2. The van der Waals surface area contributed by atoms with Crippen molar-refractivity contribution in [1.29, 1.82) is 0 Å². The number of carbonyl (C=O) groups excluding carboxylic acids is 2. The van der Waals surface area contributed by atoms with Crippen molar-refractivity contribution in [3.05, 3.63) is 59.7 Å². The van der Waals surface area contributed by atoms with Gasteiger partial charge in [0, 0.05) is 5.56 Å². The van der Waals surface area contributed by atoms with E-state index in [9.17, 15) is 9.59 Å². The third-order valence-corrected chi connectivity index (χ3v) is 3.65. The maximum Gasteiger partial charge on any atom is 0.255 e. The fraction of sp³-hybridized carbons (Fsp3) is 0.263. The number of nitrogens with one attached hydrogen (secondary N) is 2. The molecule has 0 aliphatic heterocycles. The Morgan fingerprint density at radius 3 is 1.92 bits per heavy atom. The third kappa shape index (κ3) is 5.59. The molecule has 0 unspecified atom stereocenters. The second-order valence-electron chi connectivity index (χ2n) is 6.58. The fourth-order valence-corrected chi connectivity index (χ4v) is 2.22. The van der Waals surface area contributed by atoms with Gasteiger partial charge in [-0.3, -0.25) is 9.59 Å². The number of halogens is 1. The molecule has 2 aromatic rings. The number of rotatable bonds is 4. The molecule has 4 N–H and O–H groups in total. The summed E-state index contributed by atoms with van der Waals surface area (Å²) in [6.45, 7) is 6.26. The van der Waals surface area contributed by atoms with Gasteiger partial charge in [-0.05, 0) is 35.2 Å². The van der Waals surface area contributed by atoms with E-state index in [4.69, 9.17) is 5.73 Å². The summed E-state index contributed by atoms with van der Waals surface area (Å²) in [7, 11) is 0. The van der Waals surface area contributed by atoms with Crippen molar-refractivity contribution in [1.82, 2.24) is 0 Å². The van der Waals surface area contributed by atoms with E-state index >= 15 is 0 Å². The highest BCUT2D eigenvalue weighted by Gasteiger charge is 2.15. The number of hydrogen-bond acceptors (Lipinski definition) is 3. The SMILES string of the molecule is CC(C)(C)c1ccc(C(=O)Nc2ccccc2NC(=O)CN)cc1.Cl. The minimum Gasteiger partial charge on any atom is -0.323 e. The van der Waals surface area contributed by atoms with Crippen LogP contribution in [-0.2, 0) is 10.2 Å². The van der Waals surface area contributed by atoms with E-state index in [-0.39, 0.29) is 36.2 Å². The van der Waals surface area contributed by atoms with Crippen LogP contribution in [0.4, 0.5) is 11.4 Å². The van der Waals surface area contributed by atoms with Crippen molar-refractivity contribution in [3.63, 3.8) is 0 Å². The fourth-order valence-electron chi connectivity index (χ4n) is 2.22. The Balaban J connectivity index is 0.00000312. The number of hydrogen-bond donors (Lipinski definition) is 3. The topological polar surface area (TPSA) is 84.2 Å². The van der Waals surface area contributed by atoms with Gasteiger partial charge in [-0.1, -0.05) is 45.0 Å². The van der Waals surface area contributed by atoms with E-state index in [0.29, 0.717) is 16.9 Å². The molecule has 2 aromatic carbocycles. The molecule has 0 fully saturated rings. The largest absolute Gasteiger partial charge is 0.323 e. The lowest BCUT2D eigenvalue weighted by atomic mass is 9.87. The summed E-state index contributed by atoms with van der Waals surface area (Å²) >= 11 is 0. The Bertz CT molecular complexity index is 737. The summed E-state index contributed by atoms with van der Waals surface area (Å²) in [5.74, 6) is -0.545. The average Bonchev–Trinajstić information content (AvgIpc) is 2.55. The van der Waals surface area contributed by atoms with Crippen molar-refractivity contribution >= 4 is 35.6 Å². The predicted octanol–water partition coefficient (Wildman–Crippen LogP) is 3.56. The van der Waals surface area contributed by atoms with Crippen LogP contribution in [0.1, 0.15) is 36.7 Å². The first-order chi connectivity index (χ1) is 11.3. The van der Waals surface area contributed by atoms with Crippen LogP contribution < -0.4 is 16.4 Å². The molecule has 0 saturated heterocycles. The number of benzene rings is 2. The molecule has 5 nitrogen and oxygen atoms in total. The van der Waals surface area contributed by atoms with Crippen LogP contribution >= 0.6 is 12.4 Å². The second-order valence-corrected chi connectivity index (χ2v) is 6.58. The first-order valence-electron chi connectivity index (χ1n) is 7.82. The minimum atomic E-state index is -0.314. The van der Waals surface area contributed by atoms with Crippen molar-refractivity contribution in [2.24, 2.45) is 5.73 Å². The van der Waals surface area contributed by atoms with Crippen molar-refractivity contribution in [2.75, 3.05) is 17.2 Å². The summed E-state index contributed by atoms with van der Waals surface area (Å²) in [5.41, 5.74) is 8.12. The first-order valence-corrected chi connectivity index (χ1v) is 7.82. The summed E-state index contributed by atoms with van der Waals surface area (Å²) < 4.78 is 0. The van der Waals surface area contributed by atoms with Gasteiger partial charge < -0.3 is 16.4 Å². The molecule has 0 radical (unpaired) electrons. The van der Waals surface area contributed by atoms with Gasteiger partial charge in [0.25, 0.3) is 5.91 Å². The molecule has 0 bridgehead atoms. The molecule has 0 spiro atoms. The third-order valence-electron chi connectivity index (χ3n) is 3.65. The van der Waals surface area contributed by atoms with Crippen LogP contribution in [0, 0.1) is 0 Å². The van der Waals surface area contributed by atoms with E-state index in [1.807, 2.05) is 12.1 Å². The molecular weight excluding hydrogens is 338 g/mol. The summed E-state index contributed by atoms with van der Waals surface area (Å²) in [5, 5.41) is 5.49. The quantitative estimate of drug-likeness (QED) is 0.778. The monoisotopic (exact) mass is 361 g/mol. The number of para-hydroxylation sites is 2. The zero-order valence-corrected chi connectivity index (χ0v) is 15.4. The van der Waals surface area contributed by atoms with Gasteiger partial charge in [0.2, 0.25) is 5.91 Å². The molecule has 0 saturated carbocycles. The Kier molecular flexibility index (Phi) is 7.15. The summed E-state index contributed by atoms with van der Waals surface area (Å²) in [6.07, 6.45) is 0. The lowest BCUT2D eigenvalue weighted by molar-refractivity contribution is -0.114. The van der Waals surface area contributed by atoms with Gasteiger partial charge in [-0.2, -0.15) is 0 Å². The Hall–Kier alpha value is -2.37. The van der Waals surface area contributed by atoms with Gasteiger partial charge in [0.1, 0.15) is 0 Å². The van der Waals surface area contributed by atoms with E-state index in [2.05, 4.69) is 31.4 Å². The van der Waals surface area contributed by atoms with E-state index in [1.54, 1.807) is 36.4 Å². The highest BCUT2D eigenvalue weighted by atomic mass is 35.5. The zero-order valence-electron chi connectivity index (χ0n) is 14.6. The van der Waals surface area contributed by atoms with E-state index in [1.165, 1.54) is 0 Å². The zero-order chi connectivity index (χ0) is 17.7. The predicted molar refractivity (Wildman–Crippen MR) is 104 cm³/mol. The molecule has 134 valence electrons. The van der Waals surface area contributed by atoms with Gasteiger partial charge in [-0.15, -0.1) is 12.4 Å². The minimum absolute atomic E-state index is 0. The van der Waals surface area contributed by atoms with Gasteiger partial charge in [0.05, 0.1) is 17.9 Å². The van der Waals surface area contributed by atoms with Crippen LogP contribution in [0.5, 0.6) is 0 Å². The summed E-state index contributed by atoms with van der Waals surface area (Å²) in [6, 6.07) is 14.5. The van der Waals surface area contributed by atoms with Gasteiger partial charge >= 0.3 is 0 Å². The van der Waals surface area contributed by atoms with Crippen molar-refractivity contribution < 1.29 is 9.59 Å². The molecular formula is C19H24ClN3O2. The Morgan fingerprint density at radius 2 is 1.44 bits per heavy atom. The van der Waals surface area contributed by atoms with Crippen LogP contribution in [0.25, 0.3) is 0 Å². The number of carbonyl (C=O) groups is 2. The van der Waals surface area contributed by atoms with Crippen LogP contribution in [0.3, 0.4) is 0 Å². The molecule has 0 aliphatic carbocycles. The van der Waals surface area contributed by atoms with Gasteiger partial charge in [0.15, 0.2) is 0 Å². The Morgan fingerprint density at radius 1 is 0.920 bits per heavy atom. The maximum atomic E-state index is 12.4. The molecule has 6 heteroatoms. The van der Waals surface area contributed by atoms with Crippen molar-refractivity contribution in [3.8, 4) is 0 Å². The second kappa shape index (κ2) is 8.65. The highest BCUT2D eigenvalue weighted by molar-refractivity contribution is 6.07. The van der Waals surface area contributed by atoms with Crippen LogP contribution in [-0.4, -0.2) is 18.4 Å². The van der Waals surface area contributed by atoms with E-state index in [0.717, 1.165) is 5.56 Å². The van der Waals surface area contributed by atoms with Crippen LogP contribution in [0.2, 0.25) is 0 Å². The lowest BCUT2D eigenvalue weighted by Crippen LogP contribution is -2.23. The first kappa shape index (κ1) is 20.7. The smallest absolute Gasteiger partial charge is 0.255 e. The number of nitrogens with two attached hydrogens (primary N) is 1.